The molecule has 3 heteroatoms. The number of aromatic nitrogens is 2. The Morgan fingerprint density at radius 2 is 2.36 bits per heavy atom. The van der Waals surface area contributed by atoms with Gasteiger partial charge in [-0.1, -0.05) is 0 Å². The topological polar surface area (TPSA) is 41.6 Å². The first-order chi connectivity index (χ1) is 6.76. The molecule has 0 fully saturated rings. The molecule has 3 nitrogen and oxygen atoms in total. The lowest BCUT2D eigenvalue weighted by Crippen LogP contribution is -1.92. The Kier molecular flexibility index (Phi) is 1.97. The third-order valence-corrected chi connectivity index (χ3v) is 2.31. The molecule has 0 saturated heterocycles. The molecule has 0 bridgehead atoms. The number of rotatable bonds is 1. The monoisotopic (exact) mass is 185 g/mol. The molecule has 0 saturated carbocycles. The Morgan fingerprint density at radius 1 is 1.57 bits per heavy atom. The second-order valence-corrected chi connectivity index (χ2v) is 3.32. The zero-order valence-electron chi connectivity index (χ0n) is 8.28. The Morgan fingerprint density at radius 3 is 3.00 bits per heavy atom. The van der Waals surface area contributed by atoms with Crippen LogP contribution in [0, 0.1) is 18.3 Å². The summed E-state index contributed by atoms with van der Waals surface area (Å²) in [5, 5.41) is 9.90. The Hall–Kier alpha value is -1.82. The highest BCUT2D eigenvalue weighted by atomic mass is 15.0. The van der Waals surface area contributed by atoms with Crippen molar-refractivity contribution in [2.75, 3.05) is 0 Å². The SMILES string of the molecule is CCn1cc(C#N)c2cc(C)cnc21. The van der Waals surface area contributed by atoms with E-state index in [0.717, 1.165) is 23.1 Å². The lowest BCUT2D eigenvalue weighted by atomic mass is 10.2. The number of nitriles is 1. The van der Waals surface area contributed by atoms with E-state index in [4.69, 9.17) is 5.26 Å². The van der Waals surface area contributed by atoms with E-state index in [-0.39, 0.29) is 0 Å². The molecule has 0 aliphatic rings. The summed E-state index contributed by atoms with van der Waals surface area (Å²) in [5.74, 6) is 0. The first-order valence-corrected chi connectivity index (χ1v) is 4.62. The first kappa shape index (κ1) is 8.76. The van der Waals surface area contributed by atoms with Crippen LogP contribution in [-0.2, 0) is 6.54 Å². The number of hydrogen-bond donors (Lipinski definition) is 0. The highest BCUT2D eigenvalue weighted by Gasteiger charge is 2.07. The maximum absolute atomic E-state index is 8.94. The number of fused-ring (bicyclic) bond motifs is 1. The first-order valence-electron chi connectivity index (χ1n) is 4.62. The molecule has 2 rings (SSSR count). The van der Waals surface area contributed by atoms with Crippen LogP contribution in [0.4, 0.5) is 0 Å². The molecule has 0 N–H and O–H groups in total. The van der Waals surface area contributed by atoms with Crippen molar-refractivity contribution in [2.45, 2.75) is 20.4 Å². The molecule has 0 atom stereocenters. The van der Waals surface area contributed by atoms with Gasteiger partial charge in [0.25, 0.3) is 0 Å². The van der Waals surface area contributed by atoms with E-state index in [1.165, 1.54) is 0 Å². The van der Waals surface area contributed by atoms with Crippen LogP contribution in [0.3, 0.4) is 0 Å². The molecule has 0 aromatic carbocycles. The van der Waals surface area contributed by atoms with Crippen LogP contribution in [0.5, 0.6) is 0 Å². The summed E-state index contributed by atoms with van der Waals surface area (Å²) >= 11 is 0. The average Bonchev–Trinajstić information content (AvgIpc) is 2.55. The van der Waals surface area contributed by atoms with Gasteiger partial charge >= 0.3 is 0 Å². The predicted molar refractivity (Wildman–Crippen MR) is 54.9 cm³/mol. The summed E-state index contributed by atoms with van der Waals surface area (Å²) < 4.78 is 1.99. The minimum absolute atomic E-state index is 0.707. The van der Waals surface area contributed by atoms with Crippen molar-refractivity contribution in [2.24, 2.45) is 0 Å². The number of pyridine rings is 1. The predicted octanol–water partition coefficient (Wildman–Crippen LogP) is 2.24. The number of hydrogen-bond acceptors (Lipinski definition) is 2. The molecule has 0 aliphatic heterocycles. The molecule has 2 aromatic heterocycles. The Bertz CT molecular complexity index is 517. The summed E-state index contributed by atoms with van der Waals surface area (Å²) in [4.78, 5) is 4.33. The van der Waals surface area contributed by atoms with Gasteiger partial charge in [0.05, 0.1) is 5.56 Å². The molecule has 0 amide bonds. The van der Waals surface area contributed by atoms with E-state index in [0.29, 0.717) is 5.56 Å². The van der Waals surface area contributed by atoms with Gasteiger partial charge in [-0.3, -0.25) is 0 Å². The minimum Gasteiger partial charge on any atom is -0.331 e. The quantitative estimate of drug-likeness (QED) is 0.683. The van der Waals surface area contributed by atoms with Gasteiger partial charge in [-0.05, 0) is 25.5 Å². The van der Waals surface area contributed by atoms with E-state index >= 15 is 0 Å². The maximum Gasteiger partial charge on any atom is 0.141 e. The Labute approximate surface area is 82.6 Å². The Balaban J connectivity index is 2.84. The van der Waals surface area contributed by atoms with E-state index in [9.17, 15) is 0 Å². The van der Waals surface area contributed by atoms with Gasteiger partial charge in [-0.25, -0.2) is 4.98 Å². The van der Waals surface area contributed by atoms with Crippen LogP contribution in [0.25, 0.3) is 11.0 Å². The van der Waals surface area contributed by atoms with E-state index in [1.54, 1.807) is 0 Å². The van der Waals surface area contributed by atoms with Crippen LogP contribution in [0.1, 0.15) is 18.1 Å². The maximum atomic E-state index is 8.94. The van der Waals surface area contributed by atoms with E-state index in [1.807, 2.05) is 36.9 Å². The largest absolute Gasteiger partial charge is 0.331 e. The zero-order chi connectivity index (χ0) is 10.1. The normalized spacial score (nSPS) is 10.4. The molecule has 14 heavy (non-hydrogen) atoms. The van der Waals surface area contributed by atoms with Crippen LogP contribution >= 0.6 is 0 Å². The van der Waals surface area contributed by atoms with Crippen LogP contribution in [0.15, 0.2) is 18.5 Å². The second-order valence-electron chi connectivity index (χ2n) is 3.32. The molecule has 0 unspecified atom stereocenters. The van der Waals surface area contributed by atoms with Crippen molar-refractivity contribution < 1.29 is 0 Å². The molecule has 70 valence electrons. The van der Waals surface area contributed by atoms with Crippen molar-refractivity contribution >= 4 is 11.0 Å². The van der Waals surface area contributed by atoms with Gasteiger partial charge in [0.1, 0.15) is 11.7 Å². The molecule has 0 spiro atoms. The minimum atomic E-state index is 0.707. The van der Waals surface area contributed by atoms with Crippen molar-refractivity contribution in [1.82, 2.24) is 9.55 Å². The van der Waals surface area contributed by atoms with Gasteiger partial charge < -0.3 is 4.57 Å². The molecule has 0 radical (unpaired) electrons. The fourth-order valence-corrected chi connectivity index (χ4v) is 1.61. The average molecular weight is 185 g/mol. The number of aryl methyl sites for hydroxylation is 2. The van der Waals surface area contributed by atoms with E-state index in [2.05, 4.69) is 11.1 Å². The van der Waals surface area contributed by atoms with E-state index < -0.39 is 0 Å². The van der Waals surface area contributed by atoms with Gasteiger partial charge in [0.2, 0.25) is 0 Å². The molecule has 2 heterocycles. The summed E-state index contributed by atoms with van der Waals surface area (Å²) in [5.41, 5.74) is 2.69. The molecule has 0 aliphatic carbocycles. The fourth-order valence-electron chi connectivity index (χ4n) is 1.61. The summed E-state index contributed by atoms with van der Waals surface area (Å²) in [6.07, 6.45) is 3.69. The third-order valence-electron chi connectivity index (χ3n) is 2.31. The van der Waals surface area contributed by atoms with Crippen LogP contribution < -0.4 is 0 Å². The molecular weight excluding hydrogens is 174 g/mol. The summed E-state index contributed by atoms with van der Waals surface area (Å²) in [6, 6.07) is 4.20. The zero-order valence-corrected chi connectivity index (χ0v) is 8.28. The van der Waals surface area contributed by atoms with Gasteiger partial charge in [0.15, 0.2) is 0 Å². The lowest BCUT2D eigenvalue weighted by Gasteiger charge is -1.98. The highest BCUT2D eigenvalue weighted by Crippen LogP contribution is 2.19. The van der Waals surface area contributed by atoms with Gasteiger partial charge in [-0.2, -0.15) is 5.26 Å². The highest BCUT2D eigenvalue weighted by molar-refractivity contribution is 5.83. The van der Waals surface area contributed by atoms with Crippen LogP contribution in [0.2, 0.25) is 0 Å². The van der Waals surface area contributed by atoms with Gasteiger partial charge in [-0.15, -0.1) is 0 Å². The van der Waals surface area contributed by atoms with Crippen molar-refractivity contribution in [1.29, 1.82) is 5.26 Å². The fraction of sp³-hybridized carbons (Fsp3) is 0.273. The number of nitrogens with zero attached hydrogens (tertiary/aromatic N) is 3. The summed E-state index contributed by atoms with van der Waals surface area (Å²) in [7, 11) is 0. The third kappa shape index (κ3) is 1.16. The standard InChI is InChI=1S/C11H11N3/c1-3-14-7-9(5-12)10-4-8(2)6-13-11(10)14/h4,6-7H,3H2,1-2H3. The van der Waals surface area contributed by atoms with Crippen molar-refractivity contribution in [3.8, 4) is 6.07 Å². The van der Waals surface area contributed by atoms with Crippen LogP contribution in [-0.4, -0.2) is 9.55 Å². The lowest BCUT2D eigenvalue weighted by molar-refractivity contribution is 0.786. The van der Waals surface area contributed by atoms with Crippen molar-refractivity contribution in [3.63, 3.8) is 0 Å². The second kappa shape index (κ2) is 3.15. The smallest absolute Gasteiger partial charge is 0.141 e. The molecular formula is C11H11N3. The molecule has 2 aromatic rings. The summed E-state index contributed by atoms with van der Waals surface area (Å²) in [6.45, 7) is 4.87. The van der Waals surface area contributed by atoms with Gasteiger partial charge in [0, 0.05) is 24.3 Å². The van der Waals surface area contributed by atoms with Crippen molar-refractivity contribution in [3.05, 3.63) is 29.6 Å².